The molecule has 5 N–H and O–H groups in total. The lowest BCUT2D eigenvalue weighted by Crippen LogP contribution is -2.51. The summed E-state index contributed by atoms with van der Waals surface area (Å²) in [5.74, 6) is -0.967. The summed E-state index contributed by atoms with van der Waals surface area (Å²) in [5, 5.41) is 9.05. The van der Waals surface area contributed by atoms with Gasteiger partial charge >= 0.3 is 5.97 Å². The highest BCUT2D eigenvalue weighted by Gasteiger charge is 2.48. The minimum absolute atomic E-state index is 0.0291. The molecule has 5 heteroatoms. The molecule has 1 aliphatic carbocycles. The monoisotopic (exact) mass is 196 g/mol. The lowest BCUT2D eigenvalue weighted by Gasteiger charge is -2.26. The van der Waals surface area contributed by atoms with E-state index in [2.05, 4.69) is 0 Å². The van der Waals surface area contributed by atoms with Crippen LogP contribution in [0.1, 0.15) is 25.7 Å². The summed E-state index contributed by atoms with van der Waals surface area (Å²) in [6.45, 7) is 0. The van der Waals surface area contributed by atoms with Crippen LogP contribution >= 0.6 is 0 Å². The van der Waals surface area contributed by atoms with Gasteiger partial charge in [-0.15, -0.1) is 0 Å². The van der Waals surface area contributed by atoms with Gasteiger partial charge in [0, 0.05) is 6.04 Å². The smallest absolute Gasteiger partial charge is 0.324 e. The summed E-state index contributed by atoms with van der Waals surface area (Å²) in [6, 6.07) is -0.0844. The lowest BCUT2D eigenvalue weighted by atomic mass is 9.83. The van der Waals surface area contributed by atoms with Crippen molar-refractivity contribution in [1.29, 1.82) is 0 Å². The molecule has 0 aromatic rings. The molecule has 14 heavy (non-hydrogen) atoms. The minimum atomic E-state index is -1.13. The lowest BCUT2D eigenvalue weighted by molar-refractivity contribution is -0.144. The van der Waals surface area contributed by atoms with E-state index in [0.717, 1.165) is 12.8 Å². The first-order chi connectivity index (χ1) is 6.50. The quantitative estimate of drug-likeness (QED) is 0.546. The van der Waals surface area contributed by atoms with Gasteiger partial charge in [-0.3, -0.25) is 4.79 Å². The third-order valence-corrected chi connectivity index (χ3v) is 3.07. The van der Waals surface area contributed by atoms with Crippen molar-refractivity contribution in [3.63, 3.8) is 0 Å². The second-order valence-electron chi connectivity index (χ2n) is 4.17. The van der Waals surface area contributed by atoms with Gasteiger partial charge in [0.25, 0.3) is 0 Å². The van der Waals surface area contributed by atoms with Gasteiger partial charge in [0.2, 0.25) is 0 Å². The fraction of sp³-hybridized carbons (Fsp3) is 0.889. The van der Waals surface area contributed by atoms with Crippen molar-refractivity contribution in [3.05, 3.63) is 0 Å². The summed E-state index contributed by atoms with van der Waals surface area (Å²) in [5.41, 5.74) is 10.5. The van der Waals surface area contributed by atoms with Crippen molar-refractivity contribution in [2.24, 2.45) is 17.4 Å². The molecule has 0 bridgehead atoms. The van der Waals surface area contributed by atoms with E-state index in [1.807, 2.05) is 0 Å². The number of rotatable bonds is 4. The maximum absolute atomic E-state index is 11.0. The molecule has 0 unspecified atom stereocenters. The second-order valence-corrected chi connectivity index (χ2v) is 4.17. The van der Waals surface area contributed by atoms with E-state index < -0.39 is 11.5 Å². The first-order valence-corrected chi connectivity index (χ1v) is 4.98. The van der Waals surface area contributed by atoms with Crippen molar-refractivity contribution >= 4 is 13.8 Å². The van der Waals surface area contributed by atoms with Gasteiger partial charge in [-0.25, -0.2) is 0 Å². The van der Waals surface area contributed by atoms with Crippen LogP contribution in [0.3, 0.4) is 0 Å². The van der Waals surface area contributed by atoms with Gasteiger partial charge in [-0.1, -0.05) is 12.7 Å². The SMILES string of the molecule is [B]CCC[C@H]1C[C@H](N)C[C@@]1(N)C(=O)O. The predicted octanol–water partition coefficient (Wildman–Crippen LogP) is -0.127. The van der Waals surface area contributed by atoms with Gasteiger partial charge in [0.05, 0.1) is 7.85 Å². The highest BCUT2D eigenvalue weighted by Crippen LogP contribution is 2.36. The molecule has 0 heterocycles. The molecule has 0 aromatic carbocycles. The third-order valence-electron chi connectivity index (χ3n) is 3.07. The zero-order valence-electron chi connectivity index (χ0n) is 8.28. The van der Waals surface area contributed by atoms with Crippen molar-refractivity contribution in [2.45, 2.75) is 43.6 Å². The normalized spacial score (nSPS) is 37.3. The molecule has 0 aromatic heterocycles. The maximum Gasteiger partial charge on any atom is 0.324 e. The Morgan fingerprint density at radius 3 is 2.79 bits per heavy atom. The van der Waals surface area contributed by atoms with E-state index in [1.54, 1.807) is 0 Å². The number of carboxylic acid groups (broad SMARTS) is 1. The number of carbonyl (C=O) groups is 1. The summed E-state index contributed by atoms with van der Waals surface area (Å²) in [7, 11) is 5.39. The standard InChI is InChI=1S/C9H17BN2O2/c10-3-1-2-6-4-7(11)5-9(6,12)8(13)14/h6-7H,1-5,11-12H2,(H,13,14)/t6-,7-,9-/m0/s1. The van der Waals surface area contributed by atoms with Crippen LogP contribution in [0.4, 0.5) is 0 Å². The van der Waals surface area contributed by atoms with E-state index in [9.17, 15) is 4.79 Å². The average Bonchev–Trinajstić information content (AvgIpc) is 2.39. The molecule has 1 rings (SSSR count). The second kappa shape index (κ2) is 4.32. The summed E-state index contributed by atoms with van der Waals surface area (Å²) in [4.78, 5) is 11.0. The molecule has 3 atom stereocenters. The average molecular weight is 196 g/mol. The Labute approximate surface area is 85.4 Å². The van der Waals surface area contributed by atoms with Crippen molar-refractivity contribution < 1.29 is 9.90 Å². The van der Waals surface area contributed by atoms with E-state index in [-0.39, 0.29) is 12.0 Å². The van der Waals surface area contributed by atoms with E-state index in [1.165, 1.54) is 0 Å². The van der Waals surface area contributed by atoms with Crippen LogP contribution in [0.5, 0.6) is 0 Å². The number of aliphatic carboxylic acids is 1. The van der Waals surface area contributed by atoms with Gasteiger partial charge in [0.15, 0.2) is 0 Å². The van der Waals surface area contributed by atoms with Crippen molar-refractivity contribution in [1.82, 2.24) is 0 Å². The van der Waals surface area contributed by atoms with Gasteiger partial charge < -0.3 is 16.6 Å². The Morgan fingerprint density at radius 2 is 2.29 bits per heavy atom. The molecule has 2 radical (unpaired) electrons. The molecule has 78 valence electrons. The van der Waals surface area contributed by atoms with Crippen LogP contribution < -0.4 is 11.5 Å². The van der Waals surface area contributed by atoms with E-state index >= 15 is 0 Å². The van der Waals surface area contributed by atoms with Crippen molar-refractivity contribution in [2.75, 3.05) is 0 Å². The predicted molar refractivity (Wildman–Crippen MR) is 55.0 cm³/mol. The number of nitrogens with two attached hydrogens (primary N) is 2. The minimum Gasteiger partial charge on any atom is -0.480 e. The fourth-order valence-corrected chi connectivity index (χ4v) is 2.26. The molecule has 0 aliphatic heterocycles. The highest BCUT2D eigenvalue weighted by molar-refractivity contribution is 6.08. The largest absolute Gasteiger partial charge is 0.480 e. The van der Waals surface area contributed by atoms with Crippen LogP contribution in [-0.2, 0) is 4.79 Å². The highest BCUT2D eigenvalue weighted by atomic mass is 16.4. The number of hydrogen-bond acceptors (Lipinski definition) is 3. The third kappa shape index (κ3) is 2.09. The molecule has 0 saturated heterocycles. The van der Waals surface area contributed by atoms with Crippen LogP contribution in [0.25, 0.3) is 0 Å². The van der Waals surface area contributed by atoms with E-state index in [0.29, 0.717) is 19.2 Å². The molecule has 1 aliphatic rings. The Hall–Kier alpha value is -0.545. The van der Waals surface area contributed by atoms with Crippen LogP contribution in [0.15, 0.2) is 0 Å². The maximum atomic E-state index is 11.0. The van der Waals surface area contributed by atoms with Gasteiger partial charge in [-0.2, -0.15) is 0 Å². The first kappa shape index (κ1) is 11.5. The van der Waals surface area contributed by atoms with E-state index in [4.69, 9.17) is 24.4 Å². The summed E-state index contributed by atoms with van der Waals surface area (Å²) >= 11 is 0. The topological polar surface area (TPSA) is 89.3 Å². The Bertz CT molecular complexity index is 225. The number of hydrogen-bond donors (Lipinski definition) is 3. The Morgan fingerprint density at radius 1 is 1.64 bits per heavy atom. The molecular formula is C9H17BN2O2. The Kier molecular flexibility index (Phi) is 3.56. The van der Waals surface area contributed by atoms with Gasteiger partial charge in [0.1, 0.15) is 5.54 Å². The zero-order valence-corrected chi connectivity index (χ0v) is 8.28. The molecule has 1 fully saturated rings. The summed E-state index contributed by atoms with van der Waals surface area (Å²) in [6.07, 6.45) is 3.21. The first-order valence-electron chi connectivity index (χ1n) is 4.98. The Balaban J connectivity index is 2.66. The fourth-order valence-electron chi connectivity index (χ4n) is 2.26. The van der Waals surface area contributed by atoms with Crippen LogP contribution in [0.2, 0.25) is 6.32 Å². The van der Waals surface area contributed by atoms with Gasteiger partial charge in [-0.05, 0) is 25.2 Å². The van der Waals surface area contributed by atoms with Crippen molar-refractivity contribution in [3.8, 4) is 0 Å². The molecule has 0 spiro atoms. The van der Waals surface area contributed by atoms with Crippen LogP contribution in [-0.4, -0.2) is 30.5 Å². The molecule has 0 amide bonds. The zero-order chi connectivity index (χ0) is 10.8. The number of carboxylic acids is 1. The summed E-state index contributed by atoms with van der Waals surface area (Å²) < 4.78 is 0. The molecule has 4 nitrogen and oxygen atoms in total. The molecular weight excluding hydrogens is 179 g/mol. The molecule has 1 saturated carbocycles. The van der Waals surface area contributed by atoms with Crippen LogP contribution in [0, 0.1) is 5.92 Å².